The normalized spacial score (nSPS) is 10.6. The number of hydrogen-bond donors (Lipinski definition) is 2. The average Bonchev–Trinajstić information content (AvgIpc) is 2.74. The second-order valence-corrected chi connectivity index (χ2v) is 5.74. The first-order valence-electron chi connectivity index (χ1n) is 8.61. The Morgan fingerprint density at radius 3 is 2.32 bits per heavy atom. The molecule has 0 fully saturated rings. The number of hydrogen-bond acceptors (Lipinski definition) is 6. The molecule has 0 aliphatic carbocycles. The summed E-state index contributed by atoms with van der Waals surface area (Å²) in [5, 5.41) is 15.0. The van der Waals surface area contributed by atoms with Gasteiger partial charge in [0.2, 0.25) is 0 Å². The fourth-order valence-electron chi connectivity index (χ4n) is 2.43. The molecule has 0 aliphatic rings. The maximum absolute atomic E-state index is 12.4. The summed E-state index contributed by atoms with van der Waals surface area (Å²) in [7, 11) is 4.65. The smallest absolute Gasteiger partial charge is 0.267 e. The molecule has 0 aliphatic heterocycles. The van der Waals surface area contributed by atoms with Crippen LogP contribution in [0.1, 0.15) is 5.56 Å². The van der Waals surface area contributed by atoms with E-state index >= 15 is 0 Å². The Labute approximate surface area is 164 Å². The number of carbonyl (C=O) groups is 1. The number of nitrogens with one attached hydrogen (secondary N) is 2. The molecule has 146 valence electrons. The summed E-state index contributed by atoms with van der Waals surface area (Å²) in [5.41, 5.74) is 1.50. The Balaban J connectivity index is 1.96. The minimum atomic E-state index is -0.536. The van der Waals surface area contributed by atoms with Crippen LogP contribution >= 0.6 is 0 Å². The lowest BCUT2D eigenvalue weighted by atomic mass is 10.1. The molecule has 0 aromatic heterocycles. The number of nitriles is 1. The molecule has 2 aromatic rings. The van der Waals surface area contributed by atoms with Crippen LogP contribution in [0.25, 0.3) is 0 Å². The molecule has 0 spiro atoms. The van der Waals surface area contributed by atoms with Crippen molar-refractivity contribution in [3.8, 4) is 23.3 Å². The van der Waals surface area contributed by atoms with Gasteiger partial charge in [-0.05, 0) is 36.2 Å². The lowest BCUT2D eigenvalue weighted by Gasteiger charge is -2.11. The van der Waals surface area contributed by atoms with Gasteiger partial charge in [0, 0.05) is 18.8 Å². The van der Waals surface area contributed by atoms with Crippen LogP contribution in [-0.4, -0.2) is 33.8 Å². The molecule has 1 amide bonds. The first-order chi connectivity index (χ1) is 13.6. The third-order valence-corrected chi connectivity index (χ3v) is 3.98. The highest BCUT2D eigenvalue weighted by atomic mass is 16.5. The number of ether oxygens (including phenoxy) is 3. The average molecular weight is 381 g/mol. The van der Waals surface area contributed by atoms with Gasteiger partial charge in [-0.2, -0.15) is 5.26 Å². The Bertz CT molecular complexity index is 870. The van der Waals surface area contributed by atoms with E-state index in [4.69, 9.17) is 14.2 Å². The fourth-order valence-corrected chi connectivity index (χ4v) is 2.43. The first kappa shape index (κ1) is 20.6. The van der Waals surface area contributed by atoms with E-state index in [1.165, 1.54) is 20.4 Å². The Hall–Kier alpha value is -3.66. The molecule has 2 rings (SSSR count). The second kappa shape index (κ2) is 10.5. The van der Waals surface area contributed by atoms with Crippen molar-refractivity contribution in [1.82, 2.24) is 5.32 Å². The number of anilines is 1. The van der Waals surface area contributed by atoms with Crippen molar-refractivity contribution in [2.24, 2.45) is 0 Å². The van der Waals surface area contributed by atoms with Gasteiger partial charge >= 0.3 is 0 Å². The van der Waals surface area contributed by atoms with Gasteiger partial charge in [-0.1, -0.05) is 12.1 Å². The summed E-state index contributed by atoms with van der Waals surface area (Å²) in [6, 6.07) is 14.6. The predicted molar refractivity (Wildman–Crippen MR) is 107 cm³/mol. The largest absolute Gasteiger partial charge is 0.497 e. The zero-order chi connectivity index (χ0) is 20.4. The molecule has 0 radical (unpaired) electrons. The monoisotopic (exact) mass is 381 g/mol. The summed E-state index contributed by atoms with van der Waals surface area (Å²) in [6.07, 6.45) is 2.15. The van der Waals surface area contributed by atoms with Crippen molar-refractivity contribution in [3.63, 3.8) is 0 Å². The molecule has 0 unspecified atom stereocenters. The zero-order valence-electron chi connectivity index (χ0n) is 16.1. The standard InChI is InChI=1S/C21H23N3O4/c1-26-17-6-4-15(5-7-17)10-11-23-14-16(13-22)21(25)24-19-12-18(27-2)8-9-20(19)28-3/h4-9,12,14,23H,10-11H2,1-3H3,(H,24,25)/b16-14-. The van der Waals surface area contributed by atoms with E-state index in [0.29, 0.717) is 23.7 Å². The lowest BCUT2D eigenvalue weighted by molar-refractivity contribution is -0.112. The Morgan fingerprint density at radius 2 is 1.71 bits per heavy atom. The van der Waals surface area contributed by atoms with Crippen molar-refractivity contribution in [3.05, 3.63) is 59.8 Å². The van der Waals surface area contributed by atoms with Crippen LogP contribution in [0, 0.1) is 11.3 Å². The molecule has 0 saturated heterocycles. The molecule has 0 saturated carbocycles. The molecule has 0 atom stereocenters. The van der Waals surface area contributed by atoms with Gasteiger partial charge in [-0.25, -0.2) is 0 Å². The van der Waals surface area contributed by atoms with E-state index in [2.05, 4.69) is 10.6 Å². The fraction of sp³-hybridized carbons (Fsp3) is 0.238. The Morgan fingerprint density at radius 1 is 1.04 bits per heavy atom. The number of benzene rings is 2. The van der Waals surface area contributed by atoms with E-state index < -0.39 is 5.91 Å². The van der Waals surface area contributed by atoms with Crippen molar-refractivity contribution < 1.29 is 19.0 Å². The molecule has 28 heavy (non-hydrogen) atoms. The molecular formula is C21H23N3O4. The van der Waals surface area contributed by atoms with Crippen LogP contribution in [0.4, 0.5) is 5.69 Å². The van der Waals surface area contributed by atoms with Crippen molar-refractivity contribution in [2.45, 2.75) is 6.42 Å². The number of rotatable bonds is 9. The van der Waals surface area contributed by atoms with Gasteiger partial charge in [0.05, 0.1) is 27.0 Å². The van der Waals surface area contributed by atoms with Crippen LogP contribution < -0.4 is 24.8 Å². The second-order valence-electron chi connectivity index (χ2n) is 5.74. The van der Waals surface area contributed by atoms with Gasteiger partial charge in [0.15, 0.2) is 0 Å². The quantitative estimate of drug-likeness (QED) is 0.394. The molecular weight excluding hydrogens is 358 g/mol. The molecule has 0 heterocycles. The number of methoxy groups -OCH3 is 3. The van der Waals surface area contributed by atoms with Crippen LogP contribution in [0.3, 0.4) is 0 Å². The topological polar surface area (TPSA) is 92.6 Å². The number of nitrogens with zero attached hydrogens (tertiary/aromatic N) is 1. The maximum Gasteiger partial charge on any atom is 0.267 e. The third-order valence-electron chi connectivity index (χ3n) is 3.98. The summed E-state index contributed by atoms with van der Waals surface area (Å²) in [5.74, 6) is 1.30. The van der Waals surface area contributed by atoms with Crippen LogP contribution in [-0.2, 0) is 11.2 Å². The van der Waals surface area contributed by atoms with E-state index in [9.17, 15) is 10.1 Å². The first-order valence-corrected chi connectivity index (χ1v) is 8.61. The summed E-state index contributed by atoms with van der Waals surface area (Å²) >= 11 is 0. The van der Waals surface area contributed by atoms with Crippen molar-refractivity contribution in [2.75, 3.05) is 33.2 Å². The summed E-state index contributed by atoms with van der Waals surface area (Å²) in [4.78, 5) is 12.4. The van der Waals surface area contributed by atoms with E-state index in [1.807, 2.05) is 30.3 Å². The lowest BCUT2D eigenvalue weighted by Crippen LogP contribution is -2.18. The van der Waals surface area contributed by atoms with Gasteiger partial charge in [-0.15, -0.1) is 0 Å². The van der Waals surface area contributed by atoms with Gasteiger partial charge < -0.3 is 24.8 Å². The van der Waals surface area contributed by atoms with Crippen LogP contribution in [0.15, 0.2) is 54.2 Å². The number of carbonyl (C=O) groups excluding carboxylic acids is 1. The highest BCUT2D eigenvalue weighted by molar-refractivity contribution is 6.07. The molecule has 2 aromatic carbocycles. The molecule has 2 N–H and O–H groups in total. The molecule has 7 heteroatoms. The highest BCUT2D eigenvalue weighted by Gasteiger charge is 2.13. The minimum Gasteiger partial charge on any atom is -0.497 e. The maximum atomic E-state index is 12.4. The van der Waals surface area contributed by atoms with Gasteiger partial charge in [-0.3, -0.25) is 4.79 Å². The van der Waals surface area contributed by atoms with Crippen molar-refractivity contribution in [1.29, 1.82) is 5.26 Å². The molecule has 0 bridgehead atoms. The third kappa shape index (κ3) is 5.68. The summed E-state index contributed by atoms with van der Waals surface area (Å²) < 4.78 is 15.5. The predicted octanol–water partition coefficient (Wildman–Crippen LogP) is 2.89. The van der Waals surface area contributed by atoms with Crippen molar-refractivity contribution >= 4 is 11.6 Å². The number of amides is 1. The van der Waals surface area contributed by atoms with Crippen LogP contribution in [0.5, 0.6) is 17.2 Å². The van der Waals surface area contributed by atoms with E-state index in [-0.39, 0.29) is 5.57 Å². The SMILES string of the molecule is COc1ccc(CCN/C=C(/C#N)C(=O)Nc2cc(OC)ccc2OC)cc1. The zero-order valence-corrected chi connectivity index (χ0v) is 16.1. The highest BCUT2D eigenvalue weighted by Crippen LogP contribution is 2.29. The van der Waals surface area contributed by atoms with E-state index in [1.54, 1.807) is 25.3 Å². The molecule has 7 nitrogen and oxygen atoms in total. The van der Waals surface area contributed by atoms with Gasteiger partial charge in [0.1, 0.15) is 28.9 Å². The van der Waals surface area contributed by atoms with Crippen LogP contribution in [0.2, 0.25) is 0 Å². The Kier molecular flexibility index (Phi) is 7.73. The minimum absolute atomic E-state index is 0.0420. The van der Waals surface area contributed by atoms with E-state index in [0.717, 1.165) is 17.7 Å². The van der Waals surface area contributed by atoms with Gasteiger partial charge in [0.25, 0.3) is 5.91 Å². The summed E-state index contributed by atoms with van der Waals surface area (Å²) in [6.45, 7) is 0.577.